The Hall–Kier alpha value is -1.87. The van der Waals surface area contributed by atoms with Crippen molar-refractivity contribution < 1.29 is 0 Å². The Balaban J connectivity index is 1.83. The summed E-state index contributed by atoms with van der Waals surface area (Å²) in [5.41, 5.74) is 8.43. The van der Waals surface area contributed by atoms with Crippen molar-refractivity contribution in [1.29, 1.82) is 0 Å². The summed E-state index contributed by atoms with van der Waals surface area (Å²) in [4.78, 5) is 0. The van der Waals surface area contributed by atoms with Gasteiger partial charge in [-0.3, -0.25) is 5.10 Å². The standard InChI is InChI=1S/C21H19BrN2/c1-13-4-2-5-14(10-13)21-9-3-6-18(22)20(21)15-7-8-19-17(12-23-24-19)16(15)11-21/h2,4-5,7-8,10,12H,3,6,9,11H2,1H3,(H,23,24)/t21-/m0/s1. The summed E-state index contributed by atoms with van der Waals surface area (Å²) in [5.74, 6) is 0. The van der Waals surface area contributed by atoms with Crippen LogP contribution in [0.4, 0.5) is 0 Å². The van der Waals surface area contributed by atoms with E-state index in [0.29, 0.717) is 0 Å². The molecule has 3 heteroatoms. The number of aryl methyl sites for hydroxylation is 1. The summed E-state index contributed by atoms with van der Waals surface area (Å²) in [6.07, 6.45) is 6.66. The number of rotatable bonds is 1. The lowest BCUT2D eigenvalue weighted by Crippen LogP contribution is -2.29. The van der Waals surface area contributed by atoms with E-state index in [2.05, 4.69) is 69.4 Å². The van der Waals surface area contributed by atoms with Crippen LogP contribution in [0.25, 0.3) is 16.5 Å². The van der Waals surface area contributed by atoms with Gasteiger partial charge in [0.1, 0.15) is 0 Å². The highest BCUT2D eigenvalue weighted by Crippen LogP contribution is 2.57. The van der Waals surface area contributed by atoms with Gasteiger partial charge in [-0.25, -0.2) is 0 Å². The van der Waals surface area contributed by atoms with E-state index in [1.165, 1.54) is 50.5 Å². The van der Waals surface area contributed by atoms with Crippen LogP contribution in [0, 0.1) is 6.92 Å². The third-order valence-corrected chi connectivity index (χ3v) is 6.60. The molecule has 0 saturated carbocycles. The van der Waals surface area contributed by atoms with E-state index in [9.17, 15) is 0 Å². The van der Waals surface area contributed by atoms with Gasteiger partial charge in [-0.05, 0) is 65.4 Å². The number of halogens is 1. The maximum absolute atomic E-state index is 4.27. The molecular formula is C21H19BrN2. The van der Waals surface area contributed by atoms with Crippen molar-refractivity contribution in [1.82, 2.24) is 10.2 Å². The maximum atomic E-state index is 4.27. The number of nitrogens with zero attached hydrogens (tertiary/aromatic N) is 1. The van der Waals surface area contributed by atoms with E-state index in [4.69, 9.17) is 0 Å². The fourth-order valence-corrected chi connectivity index (χ4v) is 5.65. The van der Waals surface area contributed by atoms with Gasteiger partial charge in [-0.15, -0.1) is 0 Å². The Bertz CT molecular complexity index is 998. The lowest BCUT2D eigenvalue weighted by Gasteiger charge is -2.36. The topological polar surface area (TPSA) is 28.7 Å². The van der Waals surface area contributed by atoms with Crippen LogP contribution in [0.1, 0.15) is 41.5 Å². The predicted octanol–water partition coefficient (Wildman–Crippen LogP) is 5.66. The van der Waals surface area contributed by atoms with E-state index in [0.717, 1.165) is 18.4 Å². The van der Waals surface area contributed by atoms with Crippen LogP contribution in [-0.4, -0.2) is 10.2 Å². The summed E-state index contributed by atoms with van der Waals surface area (Å²) in [7, 11) is 0. The average molecular weight is 379 g/mol. The van der Waals surface area contributed by atoms with Crippen molar-refractivity contribution in [2.24, 2.45) is 0 Å². The molecule has 1 N–H and O–H groups in total. The van der Waals surface area contributed by atoms with Crippen LogP contribution in [0.5, 0.6) is 0 Å². The van der Waals surface area contributed by atoms with Gasteiger partial charge in [0.2, 0.25) is 0 Å². The molecule has 3 aromatic rings. The monoisotopic (exact) mass is 378 g/mol. The van der Waals surface area contributed by atoms with Gasteiger partial charge >= 0.3 is 0 Å². The van der Waals surface area contributed by atoms with Gasteiger partial charge in [0.15, 0.2) is 0 Å². The quantitative estimate of drug-likeness (QED) is 0.581. The summed E-state index contributed by atoms with van der Waals surface area (Å²) in [5, 5.41) is 8.68. The van der Waals surface area contributed by atoms with Crippen molar-refractivity contribution in [3.05, 3.63) is 69.3 Å². The van der Waals surface area contributed by atoms with Crippen molar-refractivity contribution in [2.75, 3.05) is 0 Å². The van der Waals surface area contributed by atoms with E-state index >= 15 is 0 Å². The average Bonchev–Trinajstić information content (AvgIpc) is 3.17. The van der Waals surface area contributed by atoms with Crippen LogP contribution in [0.3, 0.4) is 0 Å². The van der Waals surface area contributed by atoms with Gasteiger partial charge in [0.25, 0.3) is 0 Å². The highest BCUT2D eigenvalue weighted by atomic mass is 79.9. The first-order valence-corrected chi connectivity index (χ1v) is 9.40. The van der Waals surface area contributed by atoms with Crippen molar-refractivity contribution in [3.63, 3.8) is 0 Å². The Morgan fingerprint density at radius 1 is 1.21 bits per heavy atom. The number of aromatic amines is 1. The van der Waals surface area contributed by atoms with Gasteiger partial charge < -0.3 is 0 Å². The van der Waals surface area contributed by atoms with Gasteiger partial charge in [0, 0.05) is 10.8 Å². The molecule has 0 aliphatic heterocycles. The normalized spacial score (nSPS) is 22.8. The van der Waals surface area contributed by atoms with Crippen LogP contribution >= 0.6 is 15.9 Å². The number of hydrogen-bond donors (Lipinski definition) is 1. The molecule has 2 aliphatic carbocycles. The fraction of sp³-hybridized carbons (Fsp3) is 0.286. The molecule has 0 amide bonds. The zero-order chi connectivity index (χ0) is 16.3. The Kier molecular flexibility index (Phi) is 3.05. The number of hydrogen-bond acceptors (Lipinski definition) is 1. The second-order valence-corrected chi connectivity index (χ2v) is 8.14. The fourth-order valence-electron chi connectivity index (χ4n) is 4.77. The van der Waals surface area contributed by atoms with Crippen LogP contribution < -0.4 is 0 Å². The number of H-pyrrole nitrogens is 1. The molecule has 1 aromatic heterocycles. The van der Waals surface area contributed by atoms with Gasteiger partial charge in [0.05, 0.1) is 11.7 Å². The molecule has 24 heavy (non-hydrogen) atoms. The van der Waals surface area contributed by atoms with Gasteiger partial charge in [-0.1, -0.05) is 51.8 Å². The molecule has 0 radical (unpaired) electrons. The summed E-state index contributed by atoms with van der Waals surface area (Å²) >= 11 is 3.93. The summed E-state index contributed by atoms with van der Waals surface area (Å²) in [6.45, 7) is 2.19. The number of aromatic nitrogens is 2. The Morgan fingerprint density at radius 2 is 2.12 bits per heavy atom. The van der Waals surface area contributed by atoms with Crippen molar-refractivity contribution >= 4 is 32.4 Å². The van der Waals surface area contributed by atoms with Crippen LogP contribution in [-0.2, 0) is 11.8 Å². The first kappa shape index (κ1) is 14.5. The molecule has 1 atom stereocenters. The molecule has 120 valence electrons. The highest BCUT2D eigenvalue weighted by Gasteiger charge is 2.46. The molecule has 2 nitrogen and oxygen atoms in total. The second kappa shape index (κ2) is 5.06. The molecule has 2 aliphatic rings. The Labute approximate surface area is 150 Å². The highest BCUT2D eigenvalue weighted by molar-refractivity contribution is 9.11. The minimum Gasteiger partial charge on any atom is -0.278 e. The number of allylic oxidation sites excluding steroid dienone is 2. The van der Waals surface area contributed by atoms with E-state index in [1.54, 1.807) is 0 Å². The van der Waals surface area contributed by atoms with E-state index in [1.807, 2.05) is 6.20 Å². The molecule has 0 unspecified atom stereocenters. The maximum Gasteiger partial charge on any atom is 0.0653 e. The van der Waals surface area contributed by atoms with Gasteiger partial charge in [-0.2, -0.15) is 5.10 Å². The van der Waals surface area contributed by atoms with Crippen LogP contribution in [0.2, 0.25) is 0 Å². The summed E-state index contributed by atoms with van der Waals surface area (Å²) < 4.78 is 1.39. The van der Waals surface area contributed by atoms with E-state index in [-0.39, 0.29) is 5.41 Å². The predicted molar refractivity (Wildman–Crippen MR) is 102 cm³/mol. The lowest BCUT2D eigenvalue weighted by molar-refractivity contribution is 0.484. The van der Waals surface area contributed by atoms with Crippen molar-refractivity contribution in [2.45, 2.75) is 38.0 Å². The molecule has 0 fully saturated rings. The summed E-state index contributed by atoms with van der Waals surface area (Å²) in [6, 6.07) is 13.6. The molecule has 0 spiro atoms. The number of benzene rings is 2. The molecule has 5 rings (SSSR count). The number of nitrogens with one attached hydrogen (secondary N) is 1. The smallest absolute Gasteiger partial charge is 0.0653 e. The van der Waals surface area contributed by atoms with E-state index < -0.39 is 0 Å². The molecule has 1 heterocycles. The SMILES string of the molecule is Cc1cccc([C@@]23CCCC(Br)=C2c2ccc4[nH]ncc4c2C3)c1. The zero-order valence-electron chi connectivity index (χ0n) is 13.7. The molecule has 0 bridgehead atoms. The largest absolute Gasteiger partial charge is 0.278 e. The zero-order valence-corrected chi connectivity index (χ0v) is 15.3. The van der Waals surface area contributed by atoms with Crippen LogP contribution in [0.15, 0.2) is 47.1 Å². The minimum atomic E-state index is 0.108. The lowest BCUT2D eigenvalue weighted by atomic mass is 9.68. The molecule has 0 saturated heterocycles. The first-order chi connectivity index (χ1) is 11.7. The number of fused-ring (bicyclic) bond motifs is 5. The third kappa shape index (κ3) is 1.85. The molecule has 2 aromatic carbocycles. The minimum absolute atomic E-state index is 0.108. The second-order valence-electron chi connectivity index (χ2n) is 7.18. The third-order valence-electron chi connectivity index (χ3n) is 5.80. The Morgan fingerprint density at radius 3 is 3.00 bits per heavy atom. The molecular weight excluding hydrogens is 360 g/mol. The first-order valence-electron chi connectivity index (χ1n) is 8.61. The van der Waals surface area contributed by atoms with Crippen molar-refractivity contribution in [3.8, 4) is 0 Å².